The van der Waals surface area contributed by atoms with Gasteiger partial charge < -0.3 is 14.9 Å². The van der Waals surface area contributed by atoms with Crippen molar-refractivity contribution >= 4 is 18.5 Å². The summed E-state index contributed by atoms with van der Waals surface area (Å²) in [5, 5.41) is 18.0. The molecule has 1 fully saturated rings. The maximum Gasteiger partial charge on any atom is 0.491 e. The summed E-state index contributed by atoms with van der Waals surface area (Å²) in [6.45, 7) is 8.21. The highest BCUT2D eigenvalue weighted by Gasteiger charge is 2.21. The van der Waals surface area contributed by atoms with E-state index in [9.17, 15) is 0 Å². The first kappa shape index (κ1) is 13.3. The van der Waals surface area contributed by atoms with Crippen LogP contribution in [0, 0.1) is 0 Å². The van der Waals surface area contributed by atoms with Crippen LogP contribution in [0.3, 0.4) is 0 Å². The Balaban J connectivity index is 1.97. The highest BCUT2D eigenvalue weighted by Crippen LogP contribution is 2.10. The second-order valence-electron chi connectivity index (χ2n) is 4.81. The van der Waals surface area contributed by atoms with Gasteiger partial charge in [-0.2, -0.15) is 0 Å². The number of piperazine rings is 1. The molecule has 6 nitrogen and oxygen atoms in total. The van der Waals surface area contributed by atoms with Gasteiger partial charge in [-0.15, -0.1) is 0 Å². The van der Waals surface area contributed by atoms with Gasteiger partial charge in [-0.3, -0.25) is 4.90 Å². The molecular weight excluding hydrogens is 231 g/mol. The molecule has 2 rings (SSSR count). The van der Waals surface area contributed by atoms with Gasteiger partial charge >= 0.3 is 7.12 Å². The molecule has 1 aliphatic heterocycles. The minimum Gasteiger partial charge on any atom is -0.423 e. The molecule has 18 heavy (non-hydrogen) atoms. The predicted molar refractivity (Wildman–Crippen MR) is 70.8 cm³/mol. The summed E-state index contributed by atoms with van der Waals surface area (Å²) >= 11 is 0. The number of rotatable bonds is 3. The average Bonchev–Trinajstić information content (AvgIpc) is 2.39. The third-order valence-corrected chi connectivity index (χ3v) is 3.28. The van der Waals surface area contributed by atoms with Gasteiger partial charge in [0.15, 0.2) is 0 Å². The summed E-state index contributed by atoms with van der Waals surface area (Å²) in [7, 11) is -1.50. The maximum absolute atomic E-state index is 8.98. The fourth-order valence-electron chi connectivity index (χ4n) is 2.07. The van der Waals surface area contributed by atoms with Crippen molar-refractivity contribution in [1.82, 2.24) is 14.9 Å². The molecule has 7 heteroatoms. The van der Waals surface area contributed by atoms with E-state index in [0.29, 0.717) is 17.5 Å². The standard InChI is InChI=1S/C11H19BN4O2/c1-9(2)15-3-5-16(6-4-15)11-13-7-10(8-14-11)12(17)18/h7-9,17-18H,3-6H2,1-2H3. The Bertz CT molecular complexity index is 377. The van der Waals surface area contributed by atoms with E-state index in [2.05, 4.69) is 33.6 Å². The Morgan fingerprint density at radius 2 is 1.67 bits per heavy atom. The smallest absolute Gasteiger partial charge is 0.423 e. The van der Waals surface area contributed by atoms with E-state index >= 15 is 0 Å². The van der Waals surface area contributed by atoms with Crippen molar-refractivity contribution in [2.24, 2.45) is 0 Å². The quantitative estimate of drug-likeness (QED) is 0.649. The van der Waals surface area contributed by atoms with E-state index in [1.54, 1.807) is 0 Å². The first-order valence-corrected chi connectivity index (χ1v) is 6.25. The van der Waals surface area contributed by atoms with Gasteiger partial charge in [0.25, 0.3) is 0 Å². The first-order valence-electron chi connectivity index (χ1n) is 6.25. The van der Waals surface area contributed by atoms with Crippen LogP contribution in [-0.2, 0) is 0 Å². The van der Waals surface area contributed by atoms with E-state index < -0.39 is 7.12 Å². The van der Waals surface area contributed by atoms with Crippen LogP contribution in [0.25, 0.3) is 0 Å². The van der Waals surface area contributed by atoms with Crippen LogP contribution in [0.5, 0.6) is 0 Å². The number of aromatic nitrogens is 2. The van der Waals surface area contributed by atoms with E-state index in [4.69, 9.17) is 10.0 Å². The molecular formula is C11H19BN4O2. The third-order valence-electron chi connectivity index (χ3n) is 3.28. The Morgan fingerprint density at radius 3 is 2.11 bits per heavy atom. The van der Waals surface area contributed by atoms with Crippen LogP contribution in [0.2, 0.25) is 0 Å². The molecule has 1 aromatic heterocycles. The van der Waals surface area contributed by atoms with Crippen LogP contribution >= 0.6 is 0 Å². The molecule has 0 saturated carbocycles. The molecule has 0 unspecified atom stereocenters. The van der Waals surface area contributed by atoms with Crippen molar-refractivity contribution in [2.45, 2.75) is 19.9 Å². The van der Waals surface area contributed by atoms with Gasteiger partial charge in [-0.25, -0.2) is 9.97 Å². The Labute approximate surface area is 107 Å². The zero-order valence-electron chi connectivity index (χ0n) is 10.8. The van der Waals surface area contributed by atoms with E-state index in [-0.39, 0.29) is 0 Å². The van der Waals surface area contributed by atoms with Crippen LogP contribution in [0.4, 0.5) is 5.95 Å². The molecule has 0 spiro atoms. The molecule has 1 saturated heterocycles. The Hall–Kier alpha value is -1.18. The lowest BCUT2D eigenvalue weighted by Gasteiger charge is -2.36. The SMILES string of the molecule is CC(C)N1CCN(c2ncc(B(O)O)cn2)CC1. The highest BCUT2D eigenvalue weighted by atomic mass is 16.4. The van der Waals surface area contributed by atoms with Crippen LogP contribution in [0.1, 0.15) is 13.8 Å². The monoisotopic (exact) mass is 250 g/mol. The molecule has 0 amide bonds. The Morgan fingerprint density at radius 1 is 1.11 bits per heavy atom. The molecule has 2 N–H and O–H groups in total. The van der Waals surface area contributed by atoms with Crippen molar-refractivity contribution < 1.29 is 10.0 Å². The van der Waals surface area contributed by atoms with Gasteiger partial charge in [-0.05, 0) is 13.8 Å². The molecule has 1 aromatic rings. The fraction of sp³-hybridized carbons (Fsp3) is 0.636. The van der Waals surface area contributed by atoms with E-state index in [1.165, 1.54) is 12.4 Å². The van der Waals surface area contributed by atoms with Crippen molar-refractivity contribution in [2.75, 3.05) is 31.1 Å². The van der Waals surface area contributed by atoms with Gasteiger partial charge in [0.2, 0.25) is 5.95 Å². The molecule has 1 aliphatic rings. The molecule has 0 bridgehead atoms. The average molecular weight is 250 g/mol. The topological polar surface area (TPSA) is 72.7 Å². The molecule has 2 heterocycles. The van der Waals surface area contributed by atoms with E-state index in [1.807, 2.05) is 0 Å². The molecule has 0 aliphatic carbocycles. The fourth-order valence-corrected chi connectivity index (χ4v) is 2.07. The van der Waals surface area contributed by atoms with Crippen molar-refractivity contribution in [3.63, 3.8) is 0 Å². The van der Waals surface area contributed by atoms with Crippen LogP contribution in [0.15, 0.2) is 12.4 Å². The first-order chi connectivity index (χ1) is 8.58. The summed E-state index contributed by atoms with van der Waals surface area (Å²) in [5.41, 5.74) is 0.319. The lowest BCUT2D eigenvalue weighted by atomic mass is 9.83. The van der Waals surface area contributed by atoms with Gasteiger partial charge in [-0.1, -0.05) is 0 Å². The third kappa shape index (κ3) is 2.98. The minimum atomic E-state index is -1.50. The van der Waals surface area contributed by atoms with Crippen LogP contribution in [-0.4, -0.2) is 64.3 Å². The minimum absolute atomic E-state index is 0.319. The van der Waals surface area contributed by atoms with Gasteiger partial charge in [0.05, 0.1) is 0 Å². The second kappa shape index (κ2) is 5.64. The second-order valence-corrected chi connectivity index (χ2v) is 4.81. The molecule has 0 atom stereocenters. The zero-order valence-corrected chi connectivity index (χ0v) is 10.8. The van der Waals surface area contributed by atoms with Crippen LogP contribution < -0.4 is 10.4 Å². The maximum atomic E-state index is 8.98. The number of anilines is 1. The van der Waals surface area contributed by atoms with Crippen molar-refractivity contribution in [3.8, 4) is 0 Å². The van der Waals surface area contributed by atoms with Crippen molar-refractivity contribution in [3.05, 3.63) is 12.4 Å². The molecule has 0 aromatic carbocycles. The number of nitrogens with zero attached hydrogens (tertiary/aromatic N) is 4. The largest absolute Gasteiger partial charge is 0.491 e. The molecule has 98 valence electrons. The summed E-state index contributed by atoms with van der Waals surface area (Å²) in [6, 6.07) is 0.569. The molecule has 0 radical (unpaired) electrons. The van der Waals surface area contributed by atoms with E-state index in [0.717, 1.165) is 26.2 Å². The van der Waals surface area contributed by atoms with Gasteiger partial charge in [0.1, 0.15) is 0 Å². The lowest BCUT2D eigenvalue weighted by molar-refractivity contribution is 0.208. The Kier molecular flexibility index (Phi) is 4.16. The summed E-state index contributed by atoms with van der Waals surface area (Å²) in [5.74, 6) is 0.655. The van der Waals surface area contributed by atoms with Crippen molar-refractivity contribution in [1.29, 1.82) is 0 Å². The number of hydrogen-bond acceptors (Lipinski definition) is 6. The number of hydrogen-bond donors (Lipinski definition) is 2. The summed E-state index contributed by atoms with van der Waals surface area (Å²) in [6.07, 6.45) is 2.92. The lowest BCUT2D eigenvalue weighted by Crippen LogP contribution is -2.49. The normalized spacial score (nSPS) is 17.3. The van der Waals surface area contributed by atoms with Gasteiger partial charge in [0, 0.05) is 50.1 Å². The summed E-state index contributed by atoms with van der Waals surface area (Å²) < 4.78 is 0. The predicted octanol–water partition coefficient (Wildman–Crippen LogP) is -1.31. The highest BCUT2D eigenvalue weighted by molar-refractivity contribution is 6.58. The zero-order chi connectivity index (χ0) is 13.1. The summed E-state index contributed by atoms with van der Waals surface area (Å²) in [4.78, 5) is 12.9.